The molecule has 1 aromatic carbocycles. The minimum Gasteiger partial charge on any atom is -0.490 e. The number of anilines is 1. The van der Waals surface area contributed by atoms with E-state index in [0.717, 1.165) is 40.8 Å². The van der Waals surface area contributed by atoms with Gasteiger partial charge in [-0.2, -0.15) is 0 Å². The van der Waals surface area contributed by atoms with Crippen LogP contribution in [0, 0.1) is 0 Å². The zero-order chi connectivity index (χ0) is 26.2. The van der Waals surface area contributed by atoms with E-state index in [-0.39, 0.29) is 18.8 Å². The highest BCUT2D eigenvalue weighted by atomic mass is 28.3. The summed E-state index contributed by atoms with van der Waals surface area (Å²) in [5.41, 5.74) is 1.66. The van der Waals surface area contributed by atoms with Gasteiger partial charge in [0.1, 0.15) is 48.7 Å². The first-order valence-corrected chi connectivity index (χ1v) is 17.0. The van der Waals surface area contributed by atoms with Crippen molar-refractivity contribution in [1.29, 1.82) is 0 Å². The number of alkyl halides is 1. The molecule has 7 nitrogen and oxygen atoms in total. The van der Waals surface area contributed by atoms with Gasteiger partial charge in [0, 0.05) is 25.9 Å². The molecule has 0 spiro atoms. The van der Waals surface area contributed by atoms with Gasteiger partial charge in [-0.25, -0.2) is 14.4 Å². The van der Waals surface area contributed by atoms with Gasteiger partial charge in [0.05, 0.1) is 18.0 Å². The molecule has 2 aliphatic rings. The fraction of sp³-hybridized carbons (Fsp3) is 0.571. The SMILES string of the molecule is CC(C)(F)CO[C@H]1COc2ccccc2[C@@H]1Nc1ncnc2c1cc(C1CC1)n2COCC[Si](C)(C)C. The Kier molecular flexibility index (Phi) is 7.30. The summed E-state index contributed by atoms with van der Waals surface area (Å²) in [5.74, 6) is 2.08. The smallest absolute Gasteiger partial charge is 0.147 e. The molecule has 5 rings (SSSR count). The van der Waals surface area contributed by atoms with Crippen molar-refractivity contribution in [2.24, 2.45) is 0 Å². The summed E-state index contributed by atoms with van der Waals surface area (Å²) < 4.78 is 34.7. The maximum absolute atomic E-state index is 14.3. The molecule has 2 aromatic heterocycles. The molecule has 1 aliphatic heterocycles. The number of fused-ring (bicyclic) bond motifs is 2. The van der Waals surface area contributed by atoms with E-state index in [2.05, 4.69) is 45.6 Å². The van der Waals surface area contributed by atoms with E-state index >= 15 is 0 Å². The highest BCUT2D eigenvalue weighted by Crippen LogP contribution is 2.43. The first-order chi connectivity index (χ1) is 17.6. The number of hydrogen-bond donors (Lipinski definition) is 1. The van der Waals surface area contributed by atoms with Gasteiger partial charge in [-0.05, 0) is 50.8 Å². The molecule has 200 valence electrons. The monoisotopic (exact) mass is 526 g/mol. The van der Waals surface area contributed by atoms with Crippen molar-refractivity contribution in [3.63, 3.8) is 0 Å². The third kappa shape index (κ3) is 6.33. The minimum atomic E-state index is -1.43. The van der Waals surface area contributed by atoms with E-state index in [9.17, 15) is 4.39 Å². The molecule has 1 saturated carbocycles. The fourth-order valence-electron chi connectivity index (χ4n) is 4.69. The van der Waals surface area contributed by atoms with E-state index in [1.54, 1.807) is 6.33 Å². The van der Waals surface area contributed by atoms with Crippen LogP contribution < -0.4 is 10.1 Å². The number of nitrogens with one attached hydrogen (secondary N) is 1. The molecule has 0 unspecified atom stereocenters. The Labute approximate surface area is 219 Å². The van der Waals surface area contributed by atoms with Crippen LogP contribution in [-0.4, -0.2) is 54.2 Å². The van der Waals surface area contributed by atoms with Crippen molar-refractivity contribution >= 4 is 24.9 Å². The lowest BCUT2D eigenvalue weighted by Crippen LogP contribution is -2.40. The summed E-state index contributed by atoms with van der Waals surface area (Å²) >= 11 is 0. The average Bonchev–Trinajstić information content (AvgIpc) is 3.61. The number of ether oxygens (including phenoxy) is 3. The summed E-state index contributed by atoms with van der Waals surface area (Å²) in [6, 6.07) is 11.0. The molecule has 0 saturated heterocycles. The van der Waals surface area contributed by atoms with Crippen LogP contribution >= 0.6 is 0 Å². The Morgan fingerprint density at radius 2 is 1.97 bits per heavy atom. The van der Waals surface area contributed by atoms with Crippen molar-refractivity contribution in [3.05, 3.63) is 47.9 Å². The number of halogens is 1. The second kappa shape index (κ2) is 10.3. The molecule has 1 aliphatic carbocycles. The molecule has 2 atom stereocenters. The summed E-state index contributed by atoms with van der Waals surface area (Å²) in [4.78, 5) is 9.30. The van der Waals surface area contributed by atoms with Crippen molar-refractivity contribution in [2.45, 2.75) is 82.8 Å². The number of para-hydroxylation sites is 1. The predicted molar refractivity (Wildman–Crippen MR) is 147 cm³/mol. The van der Waals surface area contributed by atoms with Crippen LogP contribution in [0.1, 0.15) is 49.9 Å². The molecule has 3 aromatic rings. The van der Waals surface area contributed by atoms with Gasteiger partial charge >= 0.3 is 0 Å². The van der Waals surface area contributed by atoms with Crippen LogP contribution in [0.2, 0.25) is 25.7 Å². The molecule has 37 heavy (non-hydrogen) atoms. The summed E-state index contributed by atoms with van der Waals surface area (Å²) in [6.07, 6.45) is 3.60. The number of aromatic nitrogens is 3. The lowest BCUT2D eigenvalue weighted by Gasteiger charge is -2.35. The third-order valence-electron chi connectivity index (χ3n) is 6.90. The maximum Gasteiger partial charge on any atom is 0.147 e. The van der Waals surface area contributed by atoms with Gasteiger partial charge in [0.2, 0.25) is 0 Å². The van der Waals surface area contributed by atoms with E-state index in [4.69, 9.17) is 14.2 Å². The van der Waals surface area contributed by atoms with Crippen LogP contribution in [0.25, 0.3) is 11.0 Å². The predicted octanol–water partition coefficient (Wildman–Crippen LogP) is 6.30. The maximum atomic E-state index is 14.3. The normalized spacial score (nSPS) is 20.1. The third-order valence-corrected chi connectivity index (χ3v) is 8.60. The van der Waals surface area contributed by atoms with Crippen molar-refractivity contribution < 1.29 is 18.6 Å². The standard InChI is InChI=1S/C28H39FN4O3Si/c1-28(2,29)16-36-24-15-35-23-9-7-6-8-20(23)25(24)32-26-21-14-22(19-10-11-19)33(27(21)31-17-30-26)18-34-12-13-37(3,4)5/h6-9,14,17,19,24-25H,10-13,15-16,18H2,1-5H3,(H,30,31,32)/t24-,25-/m0/s1. The molecule has 3 heterocycles. The first kappa shape index (κ1) is 26.1. The average molecular weight is 527 g/mol. The summed E-state index contributed by atoms with van der Waals surface area (Å²) in [7, 11) is -1.16. The zero-order valence-corrected chi connectivity index (χ0v) is 23.6. The highest BCUT2D eigenvalue weighted by molar-refractivity contribution is 6.76. The zero-order valence-electron chi connectivity index (χ0n) is 22.6. The van der Waals surface area contributed by atoms with Crippen molar-refractivity contribution in [2.75, 3.05) is 25.1 Å². The highest BCUT2D eigenvalue weighted by Gasteiger charge is 2.35. The quantitative estimate of drug-likeness (QED) is 0.234. The molecule has 1 N–H and O–H groups in total. The number of hydrogen-bond acceptors (Lipinski definition) is 6. The Balaban J connectivity index is 1.44. The summed E-state index contributed by atoms with van der Waals surface area (Å²) in [6.45, 7) is 11.7. The second-order valence-corrected chi connectivity index (χ2v) is 17.7. The van der Waals surface area contributed by atoms with E-state index in [1.807, 2.05) is 24.3 Å². The topological polar surface area (TPSA) is 70.4 Å². The Bertz CT molecular complexity index is 1230. The van der Waals surface area contributed by atoms with E-state index < -0.39 is 13.7 Å². The number of nitrogens with zero attached hydrogens (tertiary/aromatic N) is 3. The molecule has 9 heteroatoms. The van der Waals surface area contributed by atoms with E-state index in [1.165, 1.54) is 32.4 Å². The Morgan fingerprint density at radius 1 is 1.19 bits per heavy atom. The Morgan fingerprint density at radius 3 is 2.70 bits per heavy atom. The largest absolute Gasteiger partial charge is 0.490 e. The first-order valence-electron chi connectivity index (χ1n) is 13.3. The summed E-state index contributed by atoms with van der Waals surface area (Å²) in [5, 5.41) is 4.59. The lowest BCUT2D eigenvalue weighted by molar-refractivity contribution is -0.0457. The molecular weight excluding hydrogens is 487 g/mol. The van der Waals surface area contributed by atoms with Gasteiger partial charge in [-0.1, -0.05) is 37.8 Å². The Hall–Kier alpha value is -2.49. The molecule has 0 bridgehead atoms. The van der Waals surface area contributed by atoms with Crippen LogP contribution in [0.3, 0.4) is 0 Å². The molecular formula is C28H39FN4O3Si. The fourth-order valence-corrected chi connectivity index (χ4v) is 5.45. The number of benzene rings is 1. The van der Waals surface area contributed by atoms with E-state index in [0.29, 0.717) is 19.3 Å². The molecule has 0 amide bonds. The number of rotatable bonds is 11. The van der Waals surface area contributed by atoms with Gasteiger partial charge in [-0.15, -0.1) is 0 Å². The van der Waals surface area contributed by atoms with Gasteiger partial charge < -0.3 is 24.1 Å². The van der Waals surface area contributed by atoms with Crippen LogP contribution in [0.4, 0.5) is 10.2 Å². The lowest BCUT2D eigenvalue weighted by atomic mass is 9.97. The van der Waals surface area contributed by atoms with Crippen molar-refractivity contribution in [1.82, 2.24) is 14.5 Å². The van der Waals surface area contributed by atoms with Crippen molar-refractivity contribution in [3.8, 4) is 5.75 Å². The second-order valence-electron chi connectivity index (χ2n) is 12.1. The molecule has 1 fully saturated rings. The van der Waals surface area contributed by atoms with Gasteiger partial charge in [0.25, 0.3) is 0 Å². The van der Waals surface area contributed by atoms with Gasteiger partial charge in [0.15, 0.2) is 0 Å². The van der Waals surface area contributed by atoms with Crippen LogP contribution in [-0.2, 0) is 16.2 Å². The minimum absolute atomic E-state index is 0.0163. The molecule has 0 radical (unpaired) electrons. The van der Waals surface area contributed by atoms with Crippen LogP contribution in [0.5, 0.6) is 5.75 Å². The van der Waals surface area contributed by atoms with Gasteiger partial charge in [-0.3, -0.25) is 0 Å². The van der Waals surface area contributed by atoms with Crippen LogP contribution in [0.15, 0.2) is 36.7 Å².